The summed E-state index contributed by atoms with van der Waals surface area (Å²) in [5, 5.41) is 2.94. The monoisotopic (exact) mass is 342 g/mol. The average Bonchev–Trinajstić information content (AvgIpc) is 2.68. The number of piperazine rings is 1. The molecule has 0 aromatic carbocycles. The van der Waals surface area contributed by atoms with Gasteiger partial charge in [0.2, 0.25) is 5.88 Å². The molecule has 25 heavy (non-hydrogen) atoms. The van der Waals surface area contributed by atoms with E-state index in [0.717, 1.165) is 24.5 Å². The first-order chi connectivity index (χ1) is 12.3. The fraction of sp³-hybridized carbons (Fsp3) is 0.412. The van der Waals surface area contributed by atoms with Gasteiger partial charge in [0.25, 0.3) is 0 Å². The molecule has 3 rings (SSSR count). The molecular formula is C17H22N6O2. The van der Waals surface area contributed by atoms with Crippen molar-refractivity contribution in [2.45, 2.75) is 13.5 Å². The molecule has 1 N–H and O–H groups in total. The van der Waals surface area contributed by atoms with Crippen molar-refractivity contribution >= 4 is 11.8 Å². The van der Waals surface area contributed by atoms with Crippen molar-refractivity contribution in [1.29, 1.82) is 0 Å². The standard InChI is InChI=1S/C17H22N6O2/c1-2-25-16-14(4-3-5-20-16)12-21-17(24)23-10-8-22(9-11-23)15-13-18-6-7-19-15/h3-7,13H,2,8-12H2,1H3,(H,21,24). The van der Waals surface area contributed by atoms with Crippen molar-refractivity contribution in [3.8, 4) is 5.88 Å². The zero-order valence-electron chi connectivity index (χ0n) is 14.3. The molecular weight excluding hydrogens is 320 g/mol. The molecule has 1 aliphatic heterocycles. The Labute approximate surface area is 146 Å². The lowest BCUT2D eigenvalue weighted by atomic mass is 10.2. The molecule has 2 amide bonds. The SMILES string of the molecule is CCOc1ncccc1CNC(=O)N1CCN(c2cnccn2)CC1. The van der Waals surface area contributed by atoms with Crippen LogP contribution in [0.1, 0.15) is 12.5 Å². The number of amides is 2. The number of aromatic nitrogens is 3. The van der Waals surface area contributed by atoms with Crippen LogP contribution in [-0.4, -0.2) is 58.7 Å². The summed E-state index contributed by atoms with van der Waals surface area (Å²) >= 11 is 0. The number of nitrogens with zero attached hydrogens (tertiary/aromatic N) is 5. The molecule has 2 aromatic heterocycles. The average molecular weight is 342 g/mol. The topological polar surface area (TPSA) is 83.5 Å². The summed E-state index contributed by atoms with van der Waals surface area (Å²) in [5.74, 6) is 1.41. The Balaban J connectivity index is 1.50. The van der Waals surface area contributed by atoms with Crippen molar-refractivity contribution in [3.05, 3.63) is 42.5 Å². The van der Waals surface area contributed by atoms with Gasteiger partial charge in [0.05, 0.1) is 12.8 Å². The maximum Gasteiger partial charge on any atom is 0.317 e. The third-order valence-corrected chi connectivity index (χ3v) is 4.00. The largest absolute Gasteiger partial charge is 0.478 e. The molecule has 3 heterocycles. The Kier molecular flexibility index (Phi) is 5.61. The van der Waals surface area contributed by atoms with Crippen LogP contribution in [0.2, 0.25) is 0 Å². The number of urea groups is 1. The summed E-state index contributed by atoms with van der Waals surface area (Å²) < 4.78 is 5.48. The molecule has 132 valence electrons. The highest BCUT2D eigenvalue weighted by Crippen LogP contribution is 2.15. The summed E-state index contributed by atoms with van der Waals surface area (Å²) in [6.45, 7) is 5.62. The number of rotatable bonds is 5. The van der Waals surface area contributed by atoms with Crippen LogP contribution in [0.4, 0.5) is 10.6 Å². The van der Waals surface area contributed by atoms with Gasteiger partial charge in [-0.3, -0.25) is 4.98 Å². The Bertz CT molecular complexity index is 689. The van der Waals surface area contributed by atoms with Crippen molar-refractivity contribution < 1.29 is 9.53 Å². The molecule has 1 aliphatic rings. The first-order valence-corrected chi connectivity index (χ1v) is 8.38. The second-order valence-electron chi connectivity index (χ2n) is 5.60. The van der Waals surface area contributed by atoms with E-state index in [1.54, 1.807) is 24.8 Å². The fourth-order valence-corrected chi connectivity index (χ4v) is 2.70. The molecule has 0 bridgehead atoms. The Hall–Kier alpha value is -2.90. The molecule has 0 radical (unpaired) electrons. The first kappa shape index (κ1) is 16.9. The molecule has 8 heteroatoms. The number of hydrogen-bond donors (Lipinski definition) is 1. The molecule has 1 fully saturated rings. The molecule has 0 spiro atoms. The Morgan fingerprint density at radius 2 is 2.04 bits per heavy atom. The van der Waals surface area contributed by atoms with E-state index >= 15 is 0 Å². The molecule has 0 aliphatic carbocycles. The summed E-state index contributed by atoms with van der Waals surface area (Å²) in [4.78, 5) is 28.9. The zero-order chi connectivity index (χ0) is 17.5. The summed E-state index contributed by atoms with van der Waals surface area (Å²) in [7, 11) is 0. The fourth-order valence-electron chi connectivity index (χ4n) is 2.70. The van der Waals surface area contributed by atoms with Gasteiger partial charge in [0.1, 0.15) is 5.82 Å². The van der Waals surface area contributed by atoms with Crippen molar-refractivity contribution in [3.63, 3.8) is 0 Å². The van der Waals surface area contributed by atoms with E-state index in [0.29, 0.717) is 32.1 Å². The van der Waals surface area contributed by atoms with Crippen LogP contribution in [0.5, 0.6) is 5.88 Å². The number of hydrogen-bond acceptors (Lipinski definition) is 6. The van der Waals surface area contributed by atoms with Crippen LogP contribution in [0.3, 0.4) is 0 Å². The van der Waals surface area contributed by atoms with E-state index in [4.69, 9.17) is 4.74 Å². The molecule has 0 unspecified atom stereocenters. The van der Waals surface area contributed by atoms with Gasteiger partial charge in [-0.15, -0.1) is 0 Å². The zero-order valence-corrected chi connectivity index (χ0v) is 14.3. The number of ether oxygens (including phenoxy) is 1. The summed E-state index contributed by atoms with van der Waals surface area (Å²) in [6.07, 6.45) is 6.76. The molecule has 8 nitrogen and oxygen atoms in total. The highest BCUT2D eigenvalue weighted by atomic mass is 16.5. The normalized spacial score (nSPS) is 14.3. The van der Waals surface area contributed by atoms with Gasteiger partial charge in [-0.25, -0.2) is 14.8 Å². The van der Waals surface area contributed by atoms with Crippen LogP contribution in [0.25, 0.3) is 0 Å². The van der Waals surface area contributed by atoms with Crippen LogP contribution >= 0.6 is 0 Å². The van der Waals surface area contributed by atoms with Crippen LogP contribution in [-0.2, 0) is 6.54 Å². The minimum absolute atomic E-state index is 0.0786. The van der Waals surface area contributed by atoms with E-state index in [9.17, 15) is 4.79 Å². The van der Waals surface area contributed by atoms with Gasteiger partial charge in [-0.2, -0.15) is 0 Å². The van der Waals surface area contributed by atoms with Gasteiger partial charge in [0.15, 0.2) is 0 Å². The summed E-state index contributed by atoms with van der Waals surface area (Å²) in [5.41, 5.74) is 0.871. The van der Waals surface area contributed by atoms with Crippen LogP contribution in [0, 0.1) is 0 Å². The molecule has 2 aromatic rings. The number of carbonyl (C=O) groups is 1. The third kappa shape index (κ3) is 4.34. The lowest BCUT2D eigenvalue weighted by Gasteiger charge is -2.35. The second-order valence-corrected chi connectivity index (χ2v) is 5.60. The van der Waals surface area contributed by atoms with E-state index < -0.39 is 0 Å². The van der Waals surface area contributed by atoms with Gasteiger partial charge in [-0.1, -0.05) is 6.07 Å². The predicted octanol–water partition coefficient (Wildman–Crippen LogP) is 1.30. The maximum atomic E-state index is 12.4. The smallest absolute Gasteiger partial charge is 0.317 e. The van der Waals surface area contributed by atoms with Crippen LogP contribution in [0.15, 0.2) is 36.9 Å². The Morgan fingerprint density at radius 3 is 2.76 bits per heavy atom. The second kappa shape index (κ2) is 8.27. The maximum absolute atomic E-state index is 12.4. The predicted molar refractivity (Wildman–Crippen MR) is 93.5 cm³/mol. The Morgan fingerprint density at radius 1 is 1.20 bits per heavy atom. The van der Waals surface area contributed by atoms with Gasteiger partial charge < -0.3 is 19.9 Å². The number of carbonyl (C=O) groups excluding carboxylic acids is 1. The highest BCUT2D eigenvalue weighted by molar-refractivity contribution is 5.74. The van der Waals surface area contributed by atoms with Crippen molar-refractivity contribution in [2.24, 2.45) is 0 Å². The summed E-state index contributed by atoms with van der Waals surface area (Å²) in [6, 6.07) is 3.67. The van der Waals surface area contributed by atoms with E-state index in [1.807, 2.05) is 24.0 Å². The number of pyridine rings is 1. The minimum atomic E-state index is -0.0786. The number of nitrogens with one attached hydrogen (secondary N) is 1. The lowest BCUT2D eigenvalue weighted by molar-refractivity contribution is 0.193. The first-order valence-electron chi connectivity index (χ1n) is 8.38. The van der Waals surface area contributed by atoms with Gasteiger partial charge in [0, 0.05) is 56.9 Å². The van der Waals surface area contributed by atoms with Gasteiger partial charge >= 0.3 is 6.03 Å². The lowest BCUT2D eigenvalue weighted by Crippen LogP contribution is -2.51. The minimum Gasteiger partial charge on any atom is -0.478 e. The van der Waals surface area contributed by atoms with Crippen LogP contribution < -0.4 is 15.0 Å². The van der Waals surface area contributed by atoms with Crippen molar-refractivity contribution in [1.82, 2.24) is 25.2 Å². The van der Waals surface area contributed by atoms with Gasteiger partial charge in [-0.05, 0) is 13.0 Å². The van der Waals surface area contributed by atoms with Crippen molar-refractivity contribution in [2.75, 3.05) is 37.7 Å². The van der Waals surface area contributed by atoms with E-state index in [1.165, 1.54) is 0 Å². The van der Waals surface area contributed by atoms with E-state index in [2.05, 4.69) is 25.2 Å². The number of anilines is 1. The van der Waals surface area contributed by atoms with E-state index in [-0.39, 0.29) is 6.03 Å². The molecule has 0 atom stereocenters. The third-order valence-electron chi connectivity index (χ3n) is 4.00. The highest BCUT2D eigenvalue weighted by Gasteiger charge is 2.22. The molecule has 1 saturated heterocycles. The molecule has 0 saturated carbocycles. The quantitative estimate of drug-likeness (QED) is 0.882.